The number of hydrogen-bond donors (Lipinski definition) is 0. The second-order valence-corrected chi connectivity index (χ2v) is 8.83. The van der Waals surface area contributed by atoms with Crippen LogP contribution in [-0.2, 0) is 20.9 Å². The molecule has 28 heavy (non-hydrogen) atoms. The lowest BCUT2D eigenvalue weighted by Crippen LogP contribution is -2.59. The average molecular weight is 418 g/mol. The van der Waals surface area contributed by atoms with Crippen LogP contribution in [0.15, 0.2) is 17.0 Å². The number of halogens is 3. The van der Waals surface area contributed by atoms with E-state index in [1.54, 1.807) is 0 Å². The Morgan fingerprint density at radius 3 is 2.29 bits per heavy atom. The van der Waals surface area contributed by atoms with Gasteiger partial charge in [-0.2, -0.15) is 22.7 Å². The maximum absolute atomic E-state index is 12.9. The van der Waals surface area contributed by atoms with E-state index < -0.39 is 27.4 Å². The predicted molar refractivity (Wildman–Crippen MR) is 92.7 cm³/mol. The van der Waals surface area contributed by atoms with E-state index in [1.807, 2.05) is 4.90 Å². The molecule has 2 aliphatic rings. The number of pyridine rings is 1. The van der Waals surface area contributed by atoms with E-state index in [4.69, 9.17) is 4.74 Å². The largest absolute Gasteiger partial charge is 0.433 e. The van der Waals surface area contributed by atoms with Crippen LogP contribution in [0.5, 0.6) is 0 Å². The number of piperazine rings is 1. The number of aryl methyl sites for hydroxylation is 1. The van der Waals surface area contributed by atoms with E-state index in [2.05, 4.69) is 11.1 Å². The van der Waals surface area contributed by atoms with Crippen molar-refractivity contribution >= 4 is 10.0 Å². The Morgan fingerprint density at radius 1 is 1.18 bits per heavy atom. The van der Waals surface area contributed by atoms with Crippen molar-refractivity contribution in [1.82, 2.24) is 14.2 Å². The van der Waals surface area contributed by atoms with Crippen molar-refractivity contribution in [3.63, 3.8) is 0 Å². The van der Waals surface area contributed by atoms with Crippen LogP contribution in [0.3, 0.4) is 0 Å². The fourth-order valence-electron chi connectivity index (χ4n) is 3.68. The lowest BCUT2D eigenvalue weighted by molar-refractivity contribution is -0.141. The molecule has 0 radical (unpaired) electrons. The maximum Gasteiger partial charge on any atom is 0.433 e. The smallest absolute Gasteiger partial charge is 0.381 e. The Hall–Kier alpha value is -1.74. The predicted octanol–water partition coefficient (Wildman–Crippen LogP) is 1.79. The zero-order valence-corrected chi connectivity index (χ0v) is 16.2. The van der Waals surface area contributed by atoms with Crippen molar-refractivity contribution < 1.29 is 26.3 Å². The Kier molecular flexibility index (Phi) is 5.69. The molecule has 0 amide bonds. The Balaban J connectivity index is 1.76. The summed E-state index contributed by atoms with van der Waals surface area (Å²) < 4.78 is 70.7. The standard InChI is InChI=1S/C17H21F3N4O3S/c1-13-14(2-3-15(22-13)17(18,19)20)28(25,26)24-8-6-23(7-9-24)16(12-21)4-10-27-11-5-16/h2-3H,4-11H2,1H3. The topological polar surface area (TPSA) is 86.5 Å². The summed E-state index contributed by atoms with van der Waals surface area (Å²) in [5.41, 5.74) is -1.96. The van der Waals surface area contributed by atoms with Gasteiger partial charge >= 0.3 is 6.18 Å². The highest BCUT2D eigenvalue weighted by molar-refractivity contribution is 7.89. The first kappa shape index (κ1) is 21.0. The normalized spacial score (nSPS) is 22.0. The van der Waals surface area contributed by atoms with Crippen LogP contribution in [-0.4, -0.2) is 67.5 Å². The zero-order chi connectivity index (χ0) is 20.6. The molecule has 0 bridgehead atoms. The molecule has 7 nitrogen and oxygen atoms in total. The third kappa shape index (κ3) is 3.87. The summed E-state index contributed by atoms with van der Waals surface area (Å²) in [4.78, 5) is 5.18. The third-order valence-electron chi connectivity index (χ3n) is 5.32. The van der Waals surface area contributed by atoms with Gasteiger partial charge in [-0.25, -0.2) is 13.4 Å². The van der Waals surface area contributed by atoms with Crippen molar-refractivity contribution in [3.05, 3.63) is 23.5 Å². The molecule has 0 aromatic carbocycles. The molecule has 0 aliphatic carbocycles. The molecule has 0 atom stereocenters. The van der Waals surface area contributed by atoms with E-state index in [9.17, 15) is 26.9 Å². The van der Waals surface area contributed by atoms with Crippen LogP contribution in [0, 0.1) is 18.3 Å². The quantitative estimate of drug-likeness (QED) is 0.744. The molecule has 1 aromatic rings. The summed E-state index contributed by atoms with van der Waals surface area (Å²) in [6, 6.07) is 4.01. The molecule has 2 aliphatic heterocycles. The van der Waals surface area contributed by atoms with Crippen LogP contribution < -0.4 is 0 Å². The molecule has 0 unspecified atom stereocenters. The lowest BCUT2D eigenvalue weighted by Gasteiger charge is -2.45. The monoisotopic (exact) mass is 418 g/mol. The summed E-state index contributed by atoms with van der Waals surface area (Å²) in [7, 11) is -3.97. The van der Waals surface area contributed by atoms with Gasteiger partial charge in [0, 0.05) is 52.2 Å². The second kappa shape index (κ2) is 7.59. The maximum atomic E-state index is 12.9. The average Bonchev–Trinajstić information content (AvgIpc) is 2.67. The van der Waals surface area contributed by atoms with Crippen LogP contribution in [0.25, 0.3) is 0 Å². The Bertz CT molecular complexity index is 869. The molecule has 2 fully saturated rings. The first-order valence-electron chi connectivity index (χ1n) is 8.89. The van der Waals surface area contributed by atoms with Gasteiger partial charge in [0.05, 0.1) is 11.8 Å². The summed E-state index contributed by atoms with van der Waals surface area (Å²) in [5.74, 6) is 0. The van der Waals surface area contributed by atoms with Gasteiger partial charge < -0.3 is 4.74 Å². The van der Waals surface area contributed by atoms with E-state index >= 15 is 0 Å². The number of rotatable bonds is 3. The minimum atomic E-state index is -4.63. The number of ether oxygens (including phenoxy) is 1. The van der Waals surface area contributed by atoms with Gasteiger partial charge in [-0.15, -0.1) is 0 Å². The lowest BCUT2D eigenvalue weighted by atomic mass is 9.89. The SMILES string of the molecule is Cc1nc(C(F)(F)F)ccc1S(=O)(=O)N1CCN(C2(C#N)CCOCC2)CC1. The Morgan fingerprint density at radius 2 is 1.79 bits per heavy atom. The molecule has 0 spiro atoms. The number of nitriles is 1. The molecular formula is C17H21F3N4O3S. The van der Waals surface area contributed by atoms with Gasteiger partial charge in [0.15, 0.2) is 0 Å². The van der Waals surface area contributed by atoms with Crippen LogP contribution >= 0.6 is 0 Å². The molecule has 2 saturated heterocycles. The fraction of sp³-hybridized carbons (Fsp3) is 0.647. The first-order valence-corrected chi connectivity index (χ1v) is 10.3. The number of alkyl halides is 3. The molecule has 3 rings (SSSR count). The van der Waals surface area contributed by atoms with Crippen LogP contribution in [0.4, 0.5) is 13.2 Å². The van der Waals surface area contributed by atoms with E-state index in [1.165, 1.54) is 11.2 Å². The summed E-state index contributed by atoms with van der Waals surface area (Å²) in [6.45, 7) is 3.30. The summed E-state index contributed by atoms with van der Waals surface area (Å²) >= 11 is 0. The number of nitrogens with zero attached hydrogens (tertiary/aromatic N) is 4. The van der Waals surface area contributed by atoms with E-state index in [0.29, 0.717) is 45.2 Å². The van der Waals surface area contributed by atoms with Gasteiger partial charge in [0.25, 0.3) is 0 Å². The number of aromatic nitrogens is 1. The number of hydrogen-bond acceptors (Lipinski definition) is 6. The van der Waals surface area contributed by atoms with Crippen molar-refractivity contribution in [1.29, 1.82) is 5.26 Å². The highest BCUT2D eigenvalue weighted by atomic mass is 32.2. The second-order valence-electron chi connectivity index (χ2n) is 6.92. The van der Waals surface area contributed by atoms with Crippen molar-refractivity contribution in [2.75, 3.05) is 39.4 Å². The van der Waals surface area contributed by atoms with Gasteiger partial charge in [0.1, 0.15) is 16.1 Å². The van der Waals surface area contributed by atoms with Gasteiger partial charge in [-0.05, 0) is 19.1 Å². The molecule has 0 saturated carbocycles. The molecule has 3 heterocycles. The molecule has 1 aromatic heterocycles. The molecule has 11 heteroatoms. The molecular weight excluding hydrogens is 397 g/mol. The van der Waals surface area contributed by atoms with Gasteiger partial charge in [-0.1, -0.05) is 0 Å². The van der Waals surface area contributed by atoms with E-state index in [-0.39, 0.29) is 23.7 Å². The number of sulfonamides is 1. The highest BCUT2D eigenvalue weighted by Gasteiger charge is 2.42. The minimum Gasteiger partial charge on any atom is -0.381 e. The van der Waals surface area contributed by atoms with Gasteiger partial charge in [0.2, 0.25) is 10.0 Å². The summed E-state index contributed by atoms with van der Waals surface area (Å²) in [5, 5.41) is 9.65. The van der Waals surface area contributed by atoms with Crippen molar-refractivity contribution in [2.45, 2.75) is 36.4 Å². The Labute approximate surface area is 161 Å². The highest BCUT2D eigenvalue weighted by Crippen LogP contribution is 2.31. The summed E-state index contributed by atoms with van der Waals surface area (Å²) in [6.07, 6.45) is -3.50. The third-order valence-corrected chi connectivity index (χ3v) is 7.35. The molecule has 154 valence electrons. The minimum absolute atomic E-state index is 0.160. The zero-order valence-electron chi connectivity index (χ0n) is 15.4. The van der Waals surface area contributed by atoms with E-state index in [0.717, 1.165) is 6.07 Å². The van der Waals surface area contributed by atoms with Crippen LogP contribution in [0.2, 0.25) is 0 Å². The molecule has 0 N–H and O–H groups in total. The van der Waals surface area contributed by atoms with Gasteiger partial charge in [-0.3, -0.25) is 4.90 Å². The van der Waals surface area contributed by atoms with Crippen LogP contribution in [0.1, 0.15) is 24.2 Å². The fourth-order valence-corrected chi connectivity index (χ4v) is 5.26. The van der Waals surface area contributed by atoms with Crippen molar-refractivity contribution in [3.8, 4) is 6.07 Å². The first-order chi connectivity index (χ1) is 13.1. The van der Waals surface area contributed by atoms with Crippen molar-refractivity contribution in [2.24, 2.45) is 0 Å².